The minimum Gasteiger partial charge on any atom is -0.331 e. The van der Waals surface area contributed by atoms with E-state index < -0.39 is 0 Å². The van der Waals surface area contributed by atoms with E-state index in [4.69, 9.17) is 0 Å². The molecule has 1 N–H and O–H groups in total. The van der Waals surface area contributed by atoms with E-state index in [1.165, 1.54) is 16.8 Å². The number of para-hydroxylation sites is 2. The summed E-state index contributed by atoms with van der Waals surface area (Å²) >= 11 is 0. The third-order valence-corrected chi connectivity index (χ3v) is 9.84. The summed E-state index contributed by atoms with van der Waals surface area (Å²) in [6.07, 6.45) is 4.40. The molecule has 2 aliphatic heterocycles. The first-order valence-electron chi connectivity index (χ1n) is 16.2. The number of hydrogen-bond donors (Lipinski definition) is 1. The van der Waals surface area contributed by atoms with Gasteiger partial charge in [-0.2, -0.15) is 0 Å². The lowest BCUT2D eigenvalue weighted by molar-refractivity contribution is -0.118. The minimum absolute atomic E-state index is 0.0328. The van der Waals surface area contributed by atoms with Gasteiger partial charge in [0.15, 0.2) is 0 Å². The fourth-order valence-electron chi connectivity index (χ4n) is 7.40. The van der Waals surface area contributed by atoms with Crippen LogP contribution in [0.2, 0.25) is 0 Å². The van der Waals surface area contributed by atoms with E-state index >= 15 is 0 Å². The van der Waals surface area contributed by atoms with Gasteiger partial charge in [0.2, 0.25) is 5.91 Å². The Morgan fingerprint density at radius 1 is 0.909 bits per heavy atom. The molecule has 4 aromatic rings. The Hall–Kier alpha value is -3.96. The highest BCUT2D eigenvalue weighted by Gasteiger charge is 2.49. The molecule has 44 heavy (non-hydrogen) atoms. The van der Waals surface area contributed by atoms with E-state index in [-0.39, 0.29) is 29.1 Å². The maximum absolute atomic E-state index is 14.1. The highest BCUT2D eigenvalue weighted by Crippen LogP contribution is 2.57. The highest BCUT2D eigenvalue weighted by atomic mass is 19.1. The Labute approximate surface area is 261 Å². The first-order chi connectivity index (χ1) is 21.3. The van der Waals surface area contributed by atoms with Gasteiger partial charge in [-0.3, -0.25) is 4.79 Å². The smallest absolute Gasteiger partial charge is 0.226 e. The van der Waals surface area contributed by atoms with Gasteiger partial charge < -0.3 is 15.1 Å². The summed E-state index contributed by atoms with van der Waals surface area (Å²) < 4.78 is 14.1. The van der Waals surface area contributed by atoms with E-state index in [1.807, 2.05) is 32.0 Å². The molecule has 1 amide bonds. The van der Waals surface area contributed by atoms with Gasteiger partial charge in [0.1, 0.15) is 5.82 Å². The van der Waals surface area contributed by atoms with Gasteiger partial charge in [-0.05, 0) is 117 Å². The van der Waals surface area contributed by atoms with Crippen LogP contribution in [0.3, 0.4) is 0 Å². The van der Waals surface area contributed by atoms with Crippen LogP contribution in [0.25, 0.3) is 0 Å². The average molecular weight is 590 g/mol. The monoisotopic (exact) mass is 589 g/mol. The van der Waals surface area contributed by atoms with Crippen LogP contribution < -0.4 is 10.2 Å². The number of piperidine rings is 1. The summed E-state index contributed by atoms with van der Waals surface area (Å²) in [4.78, 5) is 17.3. The number of anilines is 3. The molecule has 4 nitrogen and oxygen atoms in total. The lowest BCUT2D eigenvalue weighted by atomic mass is 9.75. The number of halogens is 1. The number of amides is 1. The zero-order chi connectivity index (χ0) is 30.7. The third-order valence-electron chi connectivity index (χ3n) is 9.84. The van der Waals surface area contributed by atoms with Crippen molar-refractivity contribution in [3.05, 3.63) is 126 Å². The molecule has 2 atom stereocenters. The largest absolute Gasteiger partial charge is 0.331 e. The molecule has 2 unspecified atom stereocenters. The van der Waals surface area contributed by atoms with Gasteiger partial charge in [-0.15, -0.1) is 0 Å². The van der Waals surface area contributed by atoms with Crippen molar-refractivity contribution in [1.82, 2.24) is 4.90 Å². The van der Waals surface area contributed by atoms with Gasteiger partial charge in [0.05, 0.1) is 5.54 Å². The summed E-state index contributed by atoms with van der Waals surface area (Å²) in [5.74, 6) is 0.612. The molecule has 0 aromatic heterocycles. The molecule has 0 radical (unpaired) electrons. The zero-order valence-electron chi connectivity index (χ0n) is 26.2. The summed E-state index contributed by atoms with van der Waals surface area (Å²) in [5, 5.41) is 3.05. The fourth-order valence-corrected chi connectivity index (χ4v) is 7.40. The molecule has 2 heterocycles. The lowest BCUT2D eigenvalue weighted by Crippen LogP contribution is -2.41. The quantitative estimate of drug-likeness (QED) is 0.211. The second kappa shape index (κ2) is 13.0. The molecule has 0 saturated carbocycles. The SMILES string of the molecule is CC(C)C(=O)Nc1cccc(C2CCN(CCCC3c4ccccc4N(c4ccccc4)C3(C)c3ccc(F)cc3)CC2)c1. The van der Waals surface area contributed by atoms with Crippen LogP contribution in [0.1, 0.15) is 75.0 Å². The molecule has 6 rings (SSSR count). The molecule has 0 spiro atoms. The van der Waals surface area contributed by atoms with Crippen LogP contribution in [0.4, 0.5) is 21.5 Å². The average Bonchev–Trinajstić information content (AvgIpc) is 3.30. The van der Waals surface area contributed by atoms with Crippen molar-refractivity contribution in [1.29, 1.82) is 0 Å². The number of carbonyl (C=O) groups is 1. The molecule has 1 fully saturated rings. The molecule has 0 aliphatic carbocycles. The number of benzene rings is 4. The summed E-state index contributed by atoms with van der Waals surface area (Å²) in [6, 6.07) is 35.0. The predicted molar refractivity (Wildman–Crippen MR) is 179 cm³/mol. The van der Waals surface area contributed by atoms with Crippen LogP contribution >= 0.6 is 0 Å². The van der Waals surface area contributed by atoms with E-state index in [2.05, 4.69) is 94.8 Å². The Morgan fingerprint density at radius 2 is 1.61 bits per heavy atom. The van der Waals surface area contributed by atoms with Crippen molar-refractivity contribution in [3.8, 4) is 0 Å². The first kappa shape index (κ1) is 30.1. The third kappa shape index (κ3) is 6.03. The van der Waals surface area contributed by atoms with Gasteiger partial charge in [-0.1, -0.05) is 74.5 Å². The number of nitrogens with one attached hydrogen (secondary N) is 1. The number of rotatable bonds is 9. The van der Waals surface area contributed by atoms with Crippen molar-refractivity contribution < 1.29 is 9.18 Å². The second-order valence-corrected chi connectivity index (χ2v) is 13.0. The minimum atomic E-state index is -0.345. The van der Waals surface area contributed by atoms with Crippen molar-refractivity contribution in [3.63, 3.8) is 0 Å². The van der Waals surface area contributed by atoms with Crippen molar-refractivity contribution in [2.75, 3.05) is 29.9 Å². The molecule has 1 saturated heterocycles. The first-order valence-corrected chi connectivity index (χ1v) is 16.2. The Bertz CT molecular complexity index is 1560. The molecule has 2 aliphatic rings. The van der Waals surface area contributed by atoms with Crippen molar-refractivity contribution in [2.24, 2.45) is 5.92 Å². The van der Waals surface area contributed by atoms with Crippen LogP contribution in [0, 0.1) is 11.7 Å². The topological polar surface area (TPSA) is 35.6 Å². The fraction of sp³-hybridized carbons (Fsp3) is 0.359. The highest BCUT2D eigenvalue weighted by molar-refractivity contribution is 5.92. The normalized spacial score (nSPS) is 20.6. The number of likely N-dealkylation sites (tertiary alicyclic amines) is 1. The number of nitrogens with zero attached hydrogens (tertiary/aromatic N) is 2. The van der Waals surface area contributed by atoms with Gasteiger partial charge in [-0.25, -0.2) is 4.39 Å². The number of fused-ring (bicyclic) bond motifs is 1. The molecule has 4 aromatic carbocycles. The predicted octanol–water partition coefficient (Wildman–Crippen LogP) is 9.23. The van der Waals surface area contributed by atoms with E-state index in [0.717, 1.165) is 62.3 Å². The Morgan fingerprint density at radius 3 is 2.34 bits per heavy atom. The van der Waals surface area contributed by atoms with Gasteiger partial charge in [0.25, 0.3) is 0 Å². The van der Waals surface area contributed by atoms with E-state index in [1.54, 1.807) is 12.1 Å². The second-order valence-electron chi connectivity index (χ2n) is 13.0. The summed E-state index contributed by atoms with van der Waals surface area (Å²) in [5.41, 5.74) is 6.77. The van der Waals surface area contributed by atoms with Gasteiger partial charge in [0, 0.05) is 28.9 Å². The summed E-state index contributed by atoms with van der Waals surface area (Å²) in [7, 11) is 0. The lowest BCUT2D eigenvalue weighted by Gasteiger charge is -2.42. The van der Waals surface area contributed by atoms with Crippen molar-refractivity contribution >= 4 is 23.0 Å². The van der Waals surface area contributed by atoms with Crippen LogP contribution in [-0.4, -0.2) is 30.4 Å². The maximum atomic E-state index is 14.1. The van der Waals surface area contributed by atoms with Crippen LogP contribution in [0.15, 0.2) is 103 Å². The number of hydrogen-bond acceptors (Lipinski definition) is 3. The summed E-state index contributed by atoms with van der Waals surface area (Å²) in [6.45, 7) is 9.41. The zero-order valence-corrected chi connectivity index (χ0v) is 26.2. The molecular weight excluding hydrogens is 545 g/mol. The van der Waals surface area contributed by atoms with Crippen LogP contribution in [-0.2, 0) is 10.3 Å². The van der Waals surface area contributed by atoms with E-state index in [9.17, 15) is 9.18 Å². The molecule has 228 valence electrons. The molecule has 5 heteroatoms. The van der Waals surface area contributed by atoms with Crippen LogP contribution in [0.5, 0.6) is 0 Å². The van der Waals surface area contributed by atoms with Gasteiger partial charge >= 0.3 is 0 Å². The number of carbonyl (C=O) groups excluding carboxylic acids is 1. The van der Waals surface area contributed by atoms with Crippen molar-refractivity contribution in [2.45, 2.75) is 63.8 Å². The van der Waals surface area contributed by atoms with E-state index in [0.29, 0.717) is 5.92 Å². The molecular formula is C39H44FN3O. The standard InChI is InChI=1S/C39H44FN3O/c1-28(2)38(44)41-33-12-9-11-30(27-33)29-22-25-42(26-23-29)24-10-16-36-35-15-7-8-17-37(35)43(34-13-5-4-6-14-34)39(36,3)31-18-20-32(40)21-19-31/h4-9,11-15,17-21,27-29,36H,10,16,22-26H2,1-3H3,(H,41,44). The molecule has 0 bridgehead atoms. The maximum Gasteiger partial charge on any atom is 0.226 e. The Balaban J connectivity index is 1.15. The Kier molecular flexibility index (Phi) is 8.86.